The zero-order valence-corrected chi connectivity index (χ0v) is 23.1. The minimum absolute atomic E-state index is 0.287. The largest absolute Gasteiger partial charge is 0.0965 e. The Morgan fingerprint density at radius 1 is 0.250 bits per heavy atom. The van der Waals surface area contributed by atoms with Gasteiger partial charge in [0.05, 0.1) is 0 Å². The van der Waals surface area contributed by atoms with Crippen molar-refractivity contribution in [2.24, 2.45) is 0 Å². The van der Waals surface area contributed by atoms with Gasteiger partial charge in [-0.15, -0.1) is 0 Å². The molecule has 0 spiro atoms. The molecule has 0 saturated heterocycles. The van der Waals surface area contributed by atoms with Gasteiger partial charge >= 0.3 is 0 Å². The fourth-order valence-corrected chi connectivity index (χ4v) is 19.2. The van der Waals surface area contributed by atoms with Crippen molar-refractivity contribution in [2.45, 2.75) is 188 Å². The molecule has 5 aliphatic carbocycles. The lowest BCUT2D eigenvalue weighted by molar-refractivity contribution is 0.448. The van der Waals surface area contributed by atoms with E-state index in [1.54, 1.807) is 154 Å². The molecule has 0 aromatic heterocycles. The summed E-state index contributed by atoms with van der Waals surface area (Å²) < 4.78 is 0. The molecule has 5 fully saturated rings. The van der Waals surface area contributed by atoms with Gasteiger partial charge in [0, 0.05) is 0 Å². The summed E-state index contributed by atoms with van der Waals surface area (Å²) in [5.41, 5.74) is 7.15. The van der Waals surface area contributed by atoms with E-state index in [0.29, 0.717) is 0 Å². The maximum Gasteiger partial charge on any atom is -0.0136 e. The summed E-state index contributed by atoms with van der Waals surface area (Å²) in [6, 6.07) is 0. The van der Waals surface area contributed by atoms with Gasteiger partial charge in [-0.05, 0) is 98.2 Å². The lowest BCUT2D eigenvalue weighted by Crippen LogP contribution is -2.39. The number of hydrogen-bond acceptors (Lipinski definition) is 0. The van der Waals surface area contributed by atoms with Crippen molar-refractivity contribution in [3.8, 4) is 0 Å². The third kappa shape index (κ3) is 5.98. The topological polar surface area (TPSA) is 0 Å². The minimum atomic E-state index is 0.287. The van der Waals surface area contributed by atoms with Crippen LogP contribution in [0.1, 0.15) is 154 Å². The standard InChI is InChI=1S/C30H54P2/c1-5-15-25(16-6-1)31(26-17-7-2-8-18-26)29-23-13-14-24-30(29)32(27-19-9-3-10-20-27)28-21-11-4-12-22-28/h25-30H,1-24H2. The van der Waals surface area contributed by atoms with Crippen LogP contribution >= 0.6 is 15.8 Å². The lowest BCUT2D eigenvalue weighted by Gasteiger charge is -2.53. The molecule has 32 heavy (non-hydrogen) atoms. The van der Waals surface area contributed by atoms with Gasteiger partial charge in [0.2, 0.25) is 0 Å². The van der Waals surface area contributed by atoms with E-state index in [-0.39, 0.29) is 15.8 Å². The Morgan fingerprint density at radius 2 is 0.469 bits per heavy atom. The van der Waals surface area contributed by atoms with Crippen molar-refractivity contribution in [3.05, 3.63) is 0 Å². The van der Waals surface area contributed by atoms with Crippen molar-refractivity contribution < 1.29 is 0 Å². The van der Waals surface area contributed by atoms with E-state index in [1.807, 2.05) is 0 Å². The molecule has 0 aromatic carbocycles. The Balaban J connectivity index is 1.42. The SMILES string of the molecule is C1CCC(P(C2CCCCC2)C2CCCCC2P(C2CCCCC2)C2CCCCC2)CC1. The van der Waals surface area contributed by atoms with Crippen molar-refractivity contribution in [1.82, 2.24) is 0 Å². The number of rotatable bonds is 6. The van der Waals surface area contributed by atoms with Gasteiger partial charge in [0.15, 0.2) is 0 Å². The molecule has 184 valence electrons. The van der Waals surface area contributed by atoms with Gasteiger partial charge in [0.25, 0.3) is 0 Å². The van der Waals surface area contributed by atoms with E-state index < -0.39 is 0 Å². The average Bonchev–Trinajstić information content (AvgIpc) is 2.88. The van der Waals surface area contributed by atoms with Crippen LogP contribution in [-0.2, 0) is 0 Å². The van der Waals surface area contributed by atoms with Crippen LogP contribution < -0.4 is 0 Å². The third-order valence-electron chi connectivity index (χ3n) is 10.4. The predicted octanol–water partition coefficient (Wildman–Crippen LogP) is 10.6. The van der Waals surface area contributed by atoms with Gasteiger partial charge in [-0.25, -0.2) is 0 Å². The molecule has 0 aliphatic heterocycles. The Kier molecular flexibility index (Phi) is 9.75. The third-order valence-corrected chi connectivity index (χ3v) is 18.9. The molecular weight excluding hydrogens is 422 g/mol. The first-order valence-corrected chi connectivity index (χ1v) is 18.6. The molecular formula is C30H54P2. The molecule has 0 heterocycles. The molecule has 0 nitrogen and oxygen atoms in total. The van der Waals surface area contributed by atoms with Crippen LogP contribution in [0.4, 0.5) is 0 Å². The van der Waals surface area contributed by atoms with E-state index in [0.717, 1.165) is 0 Å². The van der Waals surface area contributed by atoms with Crippen LogP contribution in [0, 0.1) is 0 Å². The zero-order chi connectivity index (χ0) is 21.6. The van der Waals surface area contributed by atoms with E-state index in [4.69, 9.17) is 0 Å². The summed E-state index contributed by atoms with van der Waals surface area (Å²) >= 11 is 0. The molecule has 0 radical (unpaired) electrons. The van der Waals surface area contributed by atoms with Crippen LogP contribution in [0.5, 0.6) is 0 Å². The monoisotopic (exact) mass is 476 g/mol. The second kappa shape index (κ2) is 12.7. The van der Waals surface area contributed by atoms with E-state index in [2.05, 4.69) is 0 Å². The summed E-state index contributed by atoms with van der Waals surface area (Å²) in [4.78, 5) is 0. The van der Waals surface area contributed by atoms with Crippen LogP contribution in [-0.4, -0.2) is 34.0 Å². The van der Waals surface area contributed by atoms with Gasteiger partial charge in [-0.1, -0.05) is 106 Å². The Morgan fingerprint density at radius 3 is 0.719 bits per heavy atom. The minimum Gasteiger partial charge on any atom is -0.0965 e. The zero-order valence-electron chi connectivity index (χ0n) is 21.3. The quantitative estimate of drug-likeness (QED) is 0.334. The summed E-state index contributed by atoms with van der Waals surface area (Å²) in [7, 11) is 0.574. The smallest absolute Gasteiger partial charge is 0.0136 e. The van der Waals surface area contributed by atoms with E-state index in [1.165, 1.54) is 34.0 Å². The molecule has 0 N–H and O–H groups in total. The second-order valence-electron chi connectivity index (χ2n) is 12.5. The van der Waals surface area contributed by atoms with Crippen LogP contribution in [0.3, 0.4) is 0 Å². The van der Waals surface area contributed by atoms with Crippen LogP contribution in [0.2, 0.25) is 0 Å². The average molecular weight is 477 g/mol. The molecule has 2 heteroatoms. The van der Waals surface area contributed by atoms with E-state index >= 15 is 0 Å². The van der Waals surface area contributed by atoms with Crippen LogP contribution in [0.15, 0.2) is 0 Å². The second-order valence-corrected chi connectivity index (χ2v) is 18.5. The summed E-state index contributed by atoms with van der Waals surface area (Å²) in [5.74, 6) is 0. The molecule has 2 atom stereocenters. The normalized spacial score (nSPS) is 33.2. The van der Waals surface area contributed by atoms with Crippen molar-refractivity contribution >= 4 is 15.8 Å². The van der Waals surface area contributed by atoms with E-state index in [9.17, 15) is 0 Å². The molecule has 0 aromatic rings. The highest BCUT2D eigenvalue weighted by atomic mass is 31.1. The molecule has 0 amide bonds. The Bertz CT molecular complexity index is 439. The first-order chi connectivity index (χ1) is 15.9. The lowest BCUT2D eigenvalue weighted by atomic mass is 9.98. The van der Waals surface area contributed by atoms with Crippen molar-refractivity contribution in [3.63, 3.8) is 0 Å². The fourth-order valence-electron chi connectivity index (χ4n) is 8.98. The first-order valence-electron chi connectivity index (χ1n) is 15.5. The first kappa shape index (κ1) is 24.5. The summed E-state index contributed by atoms with van der Waals surface area (Å²) in [5, 5.41) is 0. The van der Waals surface area contributed by atoms with Gasteiger partial charge < -0.3 is 0 Å². The highest BCUT2D eigenvalue weighted by Crippen LogP contribution is 2.69. The Labute approximate surface area is 203 Å². The molecule has 0 bridgehead atoms. The maximum absolute atomic E-state index is 1.67. The van der Waals surface area contributed by atoms with Gasteiger partial charge in [0.1, 0.15) is 0 Å². The van der Waals surface area contributed by atoms with Gasteiger partial charge in [-0.3, -0.25) is 0 Å². The molecule has 2 unspecified atom stereocenters. The van der Waals surface area contributed by atoms with Crippen molar-refractivity contribution in [2.75, 3.05) is 0 Å². The molecule has 5 saturated carbocycles. The highest BCUT2D eigenvalue weighted by Gasteiger charge is 2.46. The molecule has 5 rings (SSSR count). The number of hydrogen-bond donors (Lipinski definition) is 0. The van der Waals surface area contributed by atoms with Crippen LogP contribution in [0.25, 0.3) is 0 Å². The van der Waals surface area contributed by atoms with Crippen molar-refractivity contribution in [1.29, 1.82) is 0 Å². The molecule has 5 aliphatic rings. The maximum atomic E-state index is 1.67. The summed E-state index contributed by atoms with van der Waals surface area (Å²) in [6.45, 7) is 0. The fraction of sp³-hybridized carbons (Fsp3) is 1.00. The predicted molar refractivity (Wildman–Crippen MR) is 147 cm³/mol. The van der Waals surface area contributed by atoms with Gasteiger partial charge in [-0.2, -0.15) is 0 Å². The highest BCUT2D eigenvalue weighted by molar-refractivity contribution is 7.64. The Hall–Kier alpha value is 0.860. The summed E-state index contributed by atoms with van der Waals surface area (Å²) in [6.07, 6.45) is 38.4.